The highest BCUT2D eigenvalue weighted by atomic mass is 35.5. The van der Waals surface area contributed by atoms with Gasteiger partial charge in [0.2, 0.25) is 5.88 Å². The number of anilines is 1. The van der Waals surface area contributed by atoms with Gasteiger partial charge in [-0.05, 0) is 29.2 Å². The third kappa shape index (κ3) is 2.69. The van der Waals surface area contributed by atoms with Crippen LogP contribution in [0.5, 0.6) is 0 Å². The highest BCUT2D eigenvalue weighted by Gasteiger charge is 2.18. The summed E-state index contributed by atoms with van der Waals surface area (Å²) in [7, 11) is 0. The first-order valence-corrected chi connectivity index (χ1v) is 7.87. The van der Waals surface area contributed by atoms with Gasteiger partial charge in [0.05, 0.1) is 14.8 Å². The third-order valence-electron chi connectivity index (χ3n) is 3.39. The Kier molecular flexibility index (Phi) is 3.74. The number of benzene rings is 1. The third-order valence-corrected chi connectivity index (χ3v) is 4.63. The first-order valence-electron chi connectivity index (χ1n) is 6.67. The van der Waals surface area contributed by atoms with E-state index in [4.69, 9.17) is 21.9 Å². The summed E-state index contributed by atoms with van der Waals surface area (Å²) < 4.78 is 5.90. The van der Waals surface area contributed by atoms with E-state index in [0.717, 1.165) is 21.7 Å². The summed E-state index contributed by atoms with van der Waals surface area (Å²) in [5.41, 5.74) is 9.80. The Labute approximate surface area is 132 Å². The zero-order chi connectivity index (χ0) is 15.0. The van der Waals surface area contributed by atoms with Gasteiger partial charge >= 0.3 is 0 Å². The van der Waals surface area contributed by atoms with E-state index < -0.39 is 0 Å². The lowest BCUT2D eigenvalue weighted by molar-refractivity contribution is 0.439. The molecule has 0 aliphatic carbocycles. The van der Waals surface area contributed by atoms with E-state index in [9.17, 15) is 0 Å². The fourth-order valence-electron chi connectivity index (χ4n) is 2.23. The predicted molar refractivity (Wildman–Crippen MR) is 88.8 cm³/mol. The molecule has 0 bridgehead atoms. The van der Waals surface area contributed by atoms with Crippen molar-refractivity contribution in [3.8, 4) is 21.7 Å². The quantitative estimate of drug-likeness (QED) is 0.700. The van der Waals surface area contributed by atoms with Crippen LogP contribution in [0, 0.1) is 0 Å². The van der Waals surface area contributed by atoms with Crippen LogP contribution in [0.4, 0.5) is 5.88 Å². The van der Waals surface area contributed by atoms with Crippen LogP contribution < -0.4 is 5.73 Å². The summed E-state index contributed by atoms with van der Waals surface area (Å²) >= 11 is 7.46. The minimum Gasteiger partial charge on any atom is -0.367 e. The molecule has 3 rings (SSSR count). The molecule has 2 aromatic heterocycles. The summed E-state index contributed by atoms with van der Waals surface area (Å²) in [6.07, 6.45) is 0. The van der Waals surface area contributed by atoms with Crippen LogP contribution in [0.15, 0.2) is 40.9 Å². The molecule has 0 amide bonds. The van der Waals surface area contributed by atoms with Crippen LogP contribution in [0.2, 0.25) is 4.34 Å². The first-order chi connectivity index (χ1) is 10.1. The zero-order valence-electron chi connectivity index (χ0n) is 11.8. The van der Waals surface area contributed by atoms with Crippen molar-refractivity contribution in [2.45, 2.75) is 19.8 Å². The normalized spacial score (nSPS) is 11.2. The Hall–Kier alpha value is -1.78. The van der Waals surface area contributed by atoms with E-state index in [1.807, 2.05) is 12.1 Å². The molecule has 2 heterocycles. The van der Waals surface area contributed by atoms with E-state index in [-0.39, 0.29) is 0 Å². The summed E-state index contributed by atoms with van der Waals surface area (Å²) in [5.74, 6) is 0.821. The predicted octanol–water partition coefficient (Wildman–Crippen LogP) is 5.43. The summed E-state index contributed by atoms with van der Waals surface area (Å²) in [6, 6.07) is 12.1. The lowest BCUT2D eigenvalue weighted by Gasteiger charge is -2.07. The van der Waals surface area contributed by atoms with Gasteiger partial charge in [0, 0.05) is 0 Å². The lowest BCUT2D eigenvalue weighted by Crippen LogP contribution is -1.89. The van der Waals surface area contributed by atoms with Gasteiger partial charge in [0.1, 0.15) is 5.69 Å². The molecule has 0 atom stereocenters. The fraction of sp³-hybridized carbons (Fsp3) is 0.188. The first kappa shape index (κ1) is 14.2. The van der Waals surface area contributed by atoms with Gasteiger partial charge in [-0.25, -0.2) is 0 Å². The average molecular weight is 319 g/mol. The molecule has 108 valence electrons. The molecule has 0 radical (unpaired) electrons. The molecule has 0 aliphatic rings. The number of hydrogen-bond donors (Lipinski definition) is 1. The van der Waals surface area contributed by atoms with Crippen LogP contribution in [0.3, 0.4) is 0 Å². The van der Waals surface area contributed by atoms with E-state index >= 15 is 0 Å². The maximum absolute atomic E-state index is 6.00. The second-order valence-electron chi connectivity index (χ2n) is 5.15. The molecular weight excluding hydrogens is 304 g/mol. The Bertz CT molecular complexity index is 759. The van der Waals surface area contributed by atoms with E-state index in [1.54, 1.807) is 0 Å². The van der Waals surface area contributed by atoms with Crippen molar-refractivity contribution in [2.75, 3.05) is 5.73 Å². The molecule has 0 spiro atoms. The minimum absolute atomic E-state index is 0.326. The fourth-order valence-corrected chi connectivity index (χ4v) is 3.26. The largest absolute Gasteiger partial charge is 0.367 e. The van der Waals surface area contributed by atoms with Gasteiger partial charge in [0.25, 0.3) is 0 Å². The Balaban J connectivity index is 2.08. The van der Waals surface area contributed by atoms with Gasteiger partial charge < -0.3 is 10.3 Å². The summed E-state index contributed by atoms with van der Waals surface area (Å²) in [5, 5.41) is 4.08. The molecule has 2 N–H and O–H groups in total. The molecule has 0 fully saturated rings. The number of nitrogen functional groups attached to an aromatic ring is 1. The van der Waals surface area contributed by atoms with Gasteiger partial charge in [-0.2, -0.15) is 0 Å². The molecule has 1 aromatic carbocycles. The zero-order valence-corrected chi connectivity index (χ0v) is 13.3. The molecule has 0 unspecified atom stereocenters. The molecule has 21 heavy (non-hydrogen) atoms. The van der Waals surface area contributed by atoms with Gasteiger partial charge in [0.15, 0.2) is 0 Å². The standard InChI is InChI=1S/C16H15ClN2OS/c1-9(2)10-3-5-11(6-4-10)14-15(19-20-16(14)18)12-7-8-13(17)21-12/h3-9H,18H2,1-2H3. The number of halogens is 1. The van der Waals surface area contributed by atoms with E-state index in [1.165, 1.54) is 16.9 Å². The Morgan fingerprint density at radius 3 is 2.43 bits per heavy atom. The van der Waals surface area contributed by atoms with Crippen molar-refractivity contribution >= 4 is 28.8 Å². The van der Waals surface area contributed by atoms with Crippen LogP contribution in [0.25, 0.3) is 21.7 Å². The second-order valence-corrected chi connectivity index (χ2v) is 6.87. The van der Waals surface area contributed by atoms with Crippen LogP contribution in [-0.2, 0) is 0 Å². The topological polar surface area (TPSA) is 52.0 Å². The average Bonchev–Trinajstić information content (AvgIpc) is 3.05. The van der Waals surface area contributed by atoms with Gasteiger partial charge in [-0.15, -0.1) is 11.3 Å². The number of rotatable bonds is 3. The number of hydrogen-bond acceptors (Lipinski definition) is 4. The van der Waals surface area contributed by atoms with Crippen molar-refractivity contribution in [3.05, 3.63) is 46.3 Å². The summed E-state index contributed by atoms with van der Waals surface area (Å²) in [4.78, 5) is 0.948. The molecule has 5 heteroatoms. The Morgan fingerprint density at radius 2 is 1.86 bits per heavy atom. The van der Waals surface area contributed by atoms with Crippen molar-refractivity contribution in [1.82, 2.24) is 5.16 Å². The molecule has 3 nitrogen and oxygen atoms in total. The number of thiophene rings is 1. The number of aromatic nitrogens is 1. The van der Waals surface area contributed by atoms with Crippen molar-refractivity contribution < 1.29 is 4.52 Å². The van der Waals surface area contributed by atoms with Gasteiger partial charge in [-0.3, -0.25) is 0 Å². The SMILES string of the molecule is CC(C)c1ccc(-c2c(-c3ccc(Cl)s3)noc2N)cc1. The minimum atomic E-state index is 0.326. The number of nitrogens with zero attached hydrogens (tertiary/aromatic N) is 1. The smallest absolute Gasteiger partial charge is 0.230 e. The molecule has 0 saturated heterocycles. The van der Waals surface area contributed by atoms with Crippen LogP contribution >= 0.6 is 22.9 Å². The summed E-state index contributed by atoms with van der Waals surface area (Å²) in [6.45, 7) is 4.34. The maximum Gasteiger partial charge on any atom is 0.230 e. The second kappa shape index (κ2) is 5.54. The van der Waals surface area contributed by atoms with Crippen LogP contribution in [0.1, 0.15) is 25.3 Å². The van der Waals surface area contributed by atoms with Crippen molar-refractivity contribution in [1.29, 1.82) is 0 Å². The Morgan fingerprint density at radius 1 is 1.14 bits per heavy atom. The molecule has 3 aromatic rings. The van der Waals surface area contributed by atoms with Crippen molar-refractivity contribution in [3.63, 3.8) is 0 Å². The van der Waals surface area contributed by atoms with Crippen molar-refractivity contribution in [2.24, 2.45) is 0 Å². The van der Waals surface area contributed by atoms with E-state index in [2.05, 4.69) is 43.3 Å². The monoisotopic (exact) mass is 318 g/mol. The molecule has 0 saturated carbocycles. The van der Waals surface area contributed by atoms with Gasteiger partial charge in [-0.1, -0.05) is 54.9 Å². The maximum atomic E-state index is 6.00. The molecule has 0 aliphatic heterocycles. The van der Waals surface area contributed by atoms with E-state index in [0.29, 0.717) is 16.1 Å². The lowest BCUT2D eigenvalue weighted by atomic mass is 9.98. The highest BCUT2D eigenvalue weighted by molar-refractivity contribution is 7.19. The molecular formula is C16H15ClN2OS. The van der Waals surface area contributed by atoms with Crippen LogP contribution in [-0.4, -0.2) is 5.16 Å². The number of nitrogens with two attached hydrogens (primary N) is 1. The highest BCUT2D eigenvalue weighted by Crippen LogP contribution is 2.40.